The number of carbonyl (C=O) groups is 1. The van der Waals surface area contributed by atoms with Crippen LogP contribution < -0.4 is 0 Å². The van der Waals surface area contributed by atoms with Gasteiger partial charge in [0.05, 0.1) is 23.7 Å². The Morgan fingerprint density at radius 3 is 2.61 bits per heavy atom. The third-order valence-electron chi connectivity index (χ3n) is 3.97. The minimum atomic E-state index is -0.591. The number of aromatic nitrogens is 2. The van der Waals surface area contributed by atoms with Crippen LogP contribution in [-0.4, -0.2) is 22.5 Å². The maximum Gasteiger partial charge on any atom is 0.306 e. The Morgan fingerprint density at radius 2 is 1.89 bits per heavy atom. The minimum Gasteiger partial charge on any atom is -0.466 e. The summed E-state index contributed by atoms with van der Waals surface area (Å²) in [5, 5.41) is -0.00688. The van der Waals surface area contributed by atoms with Gasteiger partial charge in [-0.05, 0) is 43.3 Å². The highest BCUT2D eigenvalue weighted by Gasteiger charge is 2.13. The van der Waals surface area contributed by atoms with Crippen LogP contribution in [0.15, 0.2) is 48.5 Å². The van der Waals surface area contributed by atoms with Crippen LogP contribution in [0.25, 0.3) is 22.6 Å². The summed E-state index contributed by atoms with van der Waals surface area (Å²) in [6.45, 7) is 2.03. The van der Waals surface area contributed by atoms with E-state index in [0.717, 1.165) is 0 Å². The molecule has 0 N–H and O–H groups in total. The molecule has 0 saturated heterocycles. The van der Waals surface area contributed by atoms with Crippen molar-refractivity contribution in [3.63, 3.8) is 0 Å². The molecule has 0 saturated carbocycles. The fourth-order valence-electron chi connectivity index (χ4n) is 2.65. The van der Waals surface area contributed by atoms with Crippen LogP contribution in [0, 0.1) is 11.6 Å². The summed E-state index contributed by atoms with van der Waals surface area (Å²) in [5.41, 5.74) is 2.01. The van der Waals surface area contributed by atoms with Crippen molar-refractivity contribution < 1.29 is 18.3 Å². The summed E-state index contributed by atoms with van der Waals surface area (Å²) in [5.74, 6) is -1.07. The van der Waals surface area contributed by atoms with Crippen molar-refractivity contribution in [3.8, 4) is 22.6 Å². The van der Waals surface area contributed by atoms with Crippen LogP contribution in [0.2, 0.25) is 5.02 Å². The second kappa shape index (κ2) is 8.89. The lowest BCUT2D eigenvalue weighted by Crippen LogP contribution is -2.07. The van der Waals surface area contributed by atoms with E-state index in [1.165, 1.54) is 24.3 Å². The zero-order valence-corrected chi connectivity index (χ0v) is 15.8. The Hall–Kier alpha value is -2.86. The molecule has 3 aromatic rings. The number of nitrogens with zero attached hydrogens (tertiary/aromatic N) is 2. The maximum absolute atomic E-state index is 13.9. The molecule has 0 fully saturated rings. The smallest absolute Gasteiger partial charge is 0.306 e. The van der Waals surface area contributed by atoms with Gasteiger partial charge in [0.25, 0.3) is 0 Å². The van der Waals surface area contributed by atoms with Crippen molar-refractivity contribution in [1.82, 2.24) is 9.97 Å². The first kappa shape index (κ1) is 19.9. The molecule has 0 amide bonds. The van der Waals surface area contributed by atoms with E-state index >= 15 is 0 Å². The van der Waals surface area contributed by atoms with E-state index in [1.807, 2.05) is 0 Å². The van der Waals surface area contributed by atoms with Gasteiger partial charge in [0, 0.05) is 23.2 Å². The van der Waals surface area contributed by atoms with Crippen LogP contribution in [-0.2, 0) is 16.0 Å². The standard InChI is InChI=1S/C21H17ClF2N2O2/c1-2-28-20(27)9-7-16-12-19(13-4-3-5-15(23)10-13)26-21(25-16)14-6-8-17(22)18(24)11-14/h3-6,8,10-12H,2,7,9H2,1H3. The monoisotopic (exact) mass is 402 g/mol. The third kappa shape index (κ3) is 4.89. The van der Waals surface area contributed by atoms with Crippen LogP contribution in [0.1, 0.15) is 19.0 Å². The lowest BCUT2D eigenvalue weighted by atomic mass is 10.1. The molecule has 0 aliphatic heterocycles. The van der Waals surface area contributed by atoms with Crippen LogP contribution >= 0.6 is 11.6 Å². The van der Waals surface area contributed by atoms with Gasteiger partial charge in [-0.2, -0.15) is 0 Å². The predicted molar refractivity (Wildman–Crippen MR) is 103 cm³/mol. The molecule has 1 aromatic heterocycles. The van der Waals surface area contributed by atoms with E-state index < -0.39 is 11.6 Å². The Bertz CT molecular complexity index is 1010. The summed E-state index contributed by atoms with van der Waals surface area (Å²) in [6, 6.07) is 11.9. The molecule has 0 unspecified atom stereocenters. The maximum atomic E-state index is 13.9. The molecular weight excluding hydrogens is 386 g/mol. The van der Waals surface area contributed by atoms with Crippen molar-refractivity contribution in [3.05, 3.63) is 70.9 Å². The molecule has 0 atom stereocenters. The van der Waals surface area contributed by atoms with Gasteiger partial charge in [0.2, 0.25) is 0 Å². The van der Waals surface area contributed by atoms with Crippen molar-refractivity contribution in [2.45, 2.75) is 19.8 Å². The summed E-state index contributed by atoms with van der Waals surface area (Å²) < 4.78 is 32.5. The zero-order chi connectivity index (χ0) is 20.1. The van der Waals surface area contributed by atoms with E-state index in [4.69, 9.17) is 16.3 Å². The largest absolute Gasteiger partial charge is 0.466 e. The number of hydrogen-bond donors (Lipinski definition) is 0. The number of rotatable bonds is 6. The minimum absolute atomic E-state index is 0.00688. The fraction of sp³-hybridized carbons (Fsp3) is 0.190. The van der Waals surface area contributed by atoms with Gasteiger partial charge < -0.3 is 4.74 Å². The molecule has 3 rings (SSSR count). The number of hydrogen-bond acceptors (Lipinski definition) is 4. The van der Waals surface area contributed by atoms with E-state index in [9.17, 15) is 13.6 Å². The topological polar surface area (TPSA) is 52.1 Å². The second-order valence-electron chi connectivity index (χ2n) is 6.01. The van der Waals surface area contributed by atoms with Crippen molar-refractivity contribution in [2.75, 3.05) is 6.61 Å². The number of halogens is 3. The van der Waals surface area contributed by atoms with E-state index in [-0.39, 0.29) is 23.2 Å². The Labute approximate surface area is 166 Å². The van der Waals surface area contributed by atoms with Crippen molar-refractivity contribution in [2.24, 2.45) is 0 Å². The van der Waals surface area contributed by atoms with E-state index in [2.05, 4.69) is 9.97 Å². The van der Waals surface area contributed by atoms with Gasteiger partial charge in [-0.15, -0.1) is 0 Å². The average molecular weight is 403 g/mol. The van der Waals surface area contributed by atoms with Gasteiger partial charge in [-0.25, -0.2) is 18.7 Å². The highest BCUT2D eigenvalue weighted by molar-refractivity contribution is 6.30. The number of carbonyl (C=O) groups excluding carboxylic acids is 1. The lowest BCUT2D eigenvalue weighted by Gasteiger charge is -2.09. The normalized spacial score (nSPS) is 10.7. The zero-order valence-electron chi connectivity index (χ0n) is 15.1. The average Bonchev–Trinajstić information content (AvgIpc) is 2.68. The molecule has 0 aliphatic rings. The van der Waals surface area contributed by atoms with Gasteiger partial charge >= 0.3 is 5.97 Å². The molecule has 0 aliphatic carbocycles. The molecule has 2 aromatic carbocycles. The van der Waals surface area contributed by atoms with Crippen LogP contribution in [0.4, 0.5) is 8.78 Å². The molecule has 0 spiro atoms. The molecule has 0 radical (unpaired) electrons. The van der Waals surface area contributed by atoms with Crippen molar-refractivity contribution >= 4 is 17.6 Å². The molecule has 1 heterocycles. The van der Waals surface area contributed by atoms with Crippen LogP contribution in [0.5, 0.6) is 0 Å². The first-order valence-electron chi connectivity index (χ1n) is 8.71. The van der Waals surface area contributed by atoms with Gasteiger partial charge in [-0.1, -0.05) is 23.7 Å². The second-order valence-corrected chi connectivity index (χ2v) is 6.42. The molecule has 7 heteroatoms. The molecule has 28 heavy (non-hydrogen) atoms. The highest BCUT2D eigenvalue weighted by atomic mass is 35.5. The van der Waals surface area contributed by atoms with Gasteiger partial charge in [-0.3, -0.25) is 4.79 Å². The van der Waals surface area contributed by atoms with E-state index in [0.29, 0.717) is 35.5 Å². The van der Waals surface area contributed by atoms with Crippen molar-refractivity contribution in [1.29, 1.82) is 0 Å². The summed E-state index contributed by atoms with van der Waals surface area (Å²) in [7, 11) is 0. The number of benzene rings is 2. The summed E-state index contributed by atoms with van der Waals surface area (Å²) in [6.07, 6.45) is 0.453. The van der Waals surface area contributed by atoms with Crippen LogP contribution in [0.3, 0.4) is 0 Å². The summed E-state index contributed by atoms with van der Waals surface area (Å²) >= 11 is 5.75. The molecule has 4 nitrogen and oxygen atoms in total. The third-order valence-corrected chi connectivity index (χ3v) is 4.27. The first-order chi connectivity index (χ1) is 13.5. The Morgan fingerprint density at radius 1 is 1.07 bits per heavy atom. The van der Waals surface area contributed by atoms with Gasteiger partial charge in [0.1, 0.15) is 11.6 Å². The molecule has 0 bridgehead atoms. The highest BCUT2D eigenvalue weighted by Crippen LogP contribution is 2.26. The summed E-state index contributed by atoms with van der Waals surface area (Å²) in [4.78, 5) is 20.6. The number of esters is 1. The van der Waals surface area contributed by atoms with E-state index in [1.54, 1.807) is 31.2 Å². The number of aryl methyl sites for hydroxylation is 1. The Balaban J connectivity index is 2.02. The number of ether oxygens (including phenoxy) is 1. The fourth-order valence-corrected chi connectivity index (χ4v) is 2.77. The lowest BCUT2D eigenvalue weighted by molar-refractivity contribution is -0.143. The molecule has 144 valence electrons. The first-order valence-corrected chi connectivity index (χ1v) is 9.09. The quantitative estimate of drug-likeness (QED) is 0.529. The van der Waals surface area contributed by atoms with Gasteiger partial charge in [0.15, 0.2) is 5.82 Å². The molecular formula is C21H17ClF2N2O2. The Kier molecular flexibility index (Phi) is 6.31. The predicted octanol–water partition coefficient (Wildman–Crippen LogP) is 5.24. The SMILES string of the molecule is CCOC(=O)CCc1cc(-c2cccc(F)c2)nc(-c2ccc(Cl)c(F)c2)n1.